The summed E-state index contributed by atoms with van der Waals surface area (Å²) >= 11 is 1.90. The Labute approximate surface area is 96.7 Å². The van der Waals surface area contributed by atoms with Crippen LogP contribution in [0.5, 0.6) is 0 Å². The summed E-state index contributed by atoms with van der Waals surface area (Å²) in [6, 6.07) is 4.87. The zero-order valence-corrected chi connectivity index (χ0v) is 10.9. The Bertz CT molecular complexity index is 285. The summed E-state index contributed by atoms with van der Waals surface area (Å²) in [4.78, 5) is 2.87. The molecule has 0 radical (unpaired) electrons. The second-order valence-electron chi connectivity index (χ2n) is 3.83. The lowest BCUT2D eigenvalue weighted by molar-refractivity contribution is 0.115. The summed E-state index contributed by atoms with van der Waals surface area (Å²) in [6.45, 7) is 7.37. The number of thiophene rings is 1. The van der Waals surface area contributed by atoms with Gasteiger partial charge >= 0.3 is 0 Å². The van der Waals surface area contributed by atoms with Crippen molar-refractivity contribution >= 4 is 11.3 Å². The normalized spacial score (nSPS) is 15.2. The molecule has 0 fully saturated rings. The number of ether oxygens (including phenoxy) is 1. The fourth-order valence-corrected chi connectivity index (χ4v) is 2.32. The first-order chi connectivity index (χ1) is 7.17. The number of aryl methyl sites for hydroxylation is 1. The highest BCUT2D eigenvalue weighted by Crippen LogP contribution is 2.23. The van der Waals surface area contributed by atoms with Crippen molar-refractivity contribution in [2.45, 2.75) is 39.3 Å². The Morgan fingerprint density at radius 3 is 2.67 bits per heavy atom. The van der Waals surface area contributed by atoms with Gasteiger partial charge in [-0.2, -0.15) is 0 Å². The van der Waals surface area contributed by atoms with Crippen molar-refractivity contribution in [3.8, 4) is 0 Å². The average molecular weight is 227 g/mol. The van der Waals surface area contributed by atoms with Crippen LogP contribution in [0.3, 0.4) is 0 Å². The highest BCUT2D eigenvalue weighted by atomic mass is 32.1. The Balaban J connectivity index is 2.42. The van der Waals surface area contributed by atoms with E-state index in [1.165, 1.54) is 9.75 Å². The fourth-order valence-electron chi connectivity index (χ4n) is 1.34. The predicted molar refractivity (Wildman–Crippen MR) is 66.6 cm³/mol. The molecular formula is C12H21NOS. The number of rotatable bonds is 6. The zero-order valence-electron chi connectivity index (χ0n) is 10.0. The lowest BCUT2D eigenvalue weighted by atomic mass is 10.2. The van der Waals surface area contributed by atoms with Crippen LogP contribution in [0, 0.1) is 0 Å². The largest absolute Gasteiger partial charge is 0.380 e. The molecule has 2 nitrogen and oxygen atoms in total. The Hall–Kier alpha value is -0.380. The highest BCUT2D eigenvalue weighted by molar-refractivity contribution is 7.12. The van der Waals surface area contributed by atoms with Crippen LogP contribution in [0.15, 0.2) is 12.1 Å². The van der Waals surface area contributed by atoms with Gasteiger partial charge in [-0.1, -0.05) is 6.92 Å². The van der Waals surface area contributed by atoms with Crippen LogP contribution in [0.1, 0.15) is 36.6 Å². The van der Waals surface area contributed by atoms with Crippen LogP contribution < -0.4 is 5.32 Å². The second-order valence-corrected chi connectivity index (χ2v) is 5.03. The molecular weight excluding hydrogens is 206 g/mol. The third kappa shape index (κ3) is 3.93. The van der Waals surface area contributed by atoms with E-state index in [0.29, 0.717) is 6.04 Å². The second kappa shape index (κ2) is 6.26. The number of hydrogen-bond acceptors (Lipinski definition) is 3. The Morgan fingerprint density at radius 1 is 1.40 bits per heavy atom. The van der Waals surface area contributed by atoms with Crippen LogP contribution in [0.2, 0.25) is 0 Å². The quantitative estimate of drug-likeness (QED) is 0.806. The SMILES string of the molecule is CCc1ccc(C(C)NCC(C)OC)s1. The molecule has 0 bridgehead atoms. The maximum atomic E-state index is 5.20. The summed E-state index contributed by atoms with van der Waals surface area (Å²) in [5.41, 5.74) is 0. The molecule has 86 valence electrons. The molecule has 0 aromatic carbocycles. The van der Waals surface area contributed by atoms with Gasteiger partial charge < -0.3 is 10.1 Å². The number of hydrogen-bond donors (Lipinski definition) is 1. The molecule has 1 aromatic rings. The van der Waals surface area contributed by atoms with E-state index in [0.717, 1.165) is 13.0 Å². The van der Waals surface area contributed by atoms with Crippen LogP contribution in [-0.2, 0) is 11.2 Å². The van der Waals surface area contributed by atoms with Crippen LogP contribution in [0.4, 0.5) is 0 Å². The van der Waals surface area contributed by atoms with E-state index in [-0.39, 0.29) is 6.10 Å². The molecule has 0 amide bonds. The third-order valence-electron chi connectivity index (χ3n) is 2.57. The van der Waals surface area contributed by atoms with Crippen molar-refractivity contribution < 1.29 is 4.74 Å². The molecule has 1 rings (SSSR count). The van der Waals surface area contributed by atoms with E-state index < -0.39 is 0 Å². The summed E-state index contributed by atoms with van der Waals surface area (Å²) in [6.07, 6.45) is 1.41. The minimum absolute atomic E-state index is 0.276. The number of nitrogens with one attached hydrogen (secondary N) is 1. The van der Waals surface area contributed by atoms with Gasteiger partial charge in [0.1, 0.15) is 0 Å². The predicted octanol–water partition coefficient (Wildman–Crippen LogP) is 3.00. The summed E-state index contributed by atoms with van der Waals surface area (Å²) < 4.78 is 5.20. The van der Waals surface area contributed by atoms with E-state index in [9.17, 15) is 0 Å². The molecule has 0 aliphatic heterocycles. The highest BCUT2D eigenvalue weighted by Gasteiger charge is 2.08. The maximum absolute atomic E-state index is 5.20. The Kier molecular flexibility index (Phi) is 5.29. The van der Waals surface area contributed by atoms with Gasteiger partial charge in [0.15, 0.2) is 0 Å². The van der Waals surface area contributed by atoms with Gasteiger partial charge in [0.2, 0.25) is 0 Å². The molecule has 0 spiro atoms. The average Bonchev–Trinajstić information content (AvgIpc) is 2.73. The Morgan fingerprint density at radius 2 is 2.13 bits per heavy atom. The van der Waals surface area contributed by atoms with Gasteiger partial charge in [-0.25, -0.2) is 0 Å². The molecule has 0 saturated carbocycles. The van der Waals surface area contributed by atoms with E-state index in [1.807, 2.05) is 11.3 Å². The lowest BCUT2D eigenvalue weighted by Crippen LogP contribution is -2.27. The van der Waals surface area contributed by atoms with Crippen LogP contribution in [-0.4, -0.2) is 19.8 Å². The first-order valence-corrected chi connectivity index (χ1v) is 6.33. The smallest absolute Gasteiger partial charge is 0.0667 e. The van der Waals surface area contributed by atoms with Crippen molar-refractivity contribution in [3.63, 3.8) is 0 Å². The summed E-state index contributed by atoms with van der Waals surface area (Å²) in [5, 5.41) is 3.47. The molecule has 0 aliphatic rings. The molecule has 1 aromatic heterocycles. The zero-order chi connectivity index (χ0) is 11.3. The molecule has 1 heterocycles. The van der Waals surface area contributed by atoms with Gasteiger partial charge in [-0.3, -0.25) is 0 Å². The van der Waals surface area contributed by atoms with Crippen LogP contribution in [0.25, 0.3) is 0 Å². The van der Waals surface area contributed by atoms with Gasteiger partial charge in [-0.05, 0) is 32.4 Å². The van der Waals surface area contributed by atoms with E-state index >= 15 is 0 Å². The van der Waals surface area contributed by atoms with Crippen LogP contribution >= 0.6 is 11.3 Å². The monoisotopic (exact) mass is 227 g/mol. The minimum atomic E-state index is 0.276. The molecule has 15 heavy (non-hydrogen) atoms. The molecule has 2 atom stereocenters. The van der Waals surface area contributed by atoms with Crippen molar-refractivity contribution in [1.29, 1.82) is 0 Å². The van der Waals surface area contributed by atoms with Gasteiger partial charge in [0, 0.05) is 29.5 Å². The molecule has 2 unspecified atom stereocenters. The molecule has 1 N–H and O–H groups in total. The topological polar surface area (TPSA) is 21.3 Å². The molecule has 0 saturated heterocycles. The summed E-state index contributed by atoms with van der Waals surface area (Å²) in [7, 11) is 1.75. The van der Waals surface area contributed by atoms with Crippen molar-refractivity contribution in [1.82, 2.24) is 5.32 Å². The maximum Gasteiger partial charge on any atom is 0.0667 e. The minimum Gasteiger partial charge on any atom is -0.380 e. The van der Waals surface area contributed by atoms with Crippen molar-refractivity contribution in [2.75, 3.05) is 13.7 Å². The first-order valence-electron chi connectivity index (χ1n) is 5.52. The molecule has 0 aliphatic carbocycles. The van der Waals surface area contributed by atoms with Gasteiger partial charge in [0.05, 0.1) is 6.10 Å². The van der Waals surface area contributed by atoms with Crippen molar-refractivity contribution in [2.24, 2.45) is 0 Å². The number of methoxy groups -OCH3 is 1. The third-order valence-corrected chi connectivity index (χ3v) is 3.98. The van der Waals surface area contributed by atoms with E-state index in [4.69, 9.17) is 4.74 Å². The lowest BCUT2D eigenvalue weighted by Gasteiger charge is -2.15. The van der Waals surface area contributed by atoms with Gasteiger partial charge in [0.25, 0.3) is 0 Å². The van der Waals surface area contributed by atoms with E-state index in [2.05, 4.69) is 38.2 Å². The van der Waals surface area contributed by atoms with Crippen molar-refractivity contribution in [3.05, 3.63) is 21.9 Å². The summed E-state index contributed by atoms with van der Waals surface area (Å²) in [5.74, 6) is 0. The first kappa shape index (κ1) is 12.7. The molecule has 3 heteroatoms. The fraction of sp³-hybridized carbons (Fsp3) is 0.667. The standard InChI is InChI=1S/C12H21NOS/c1-5-11-6-7-12(15-11)10(3)13-8-9(2)14-4/h6-7,9-10,13H,5,8H2,1-4H3. The van der Waals surface area contributed by atoms with E-state index in [1.54, 1.807) is 7.11 Å². The van der Waals surface area contributed by atoms with Gasteiger partial charge in [-0.15, -0.1) is 11.3 Å².